The minimum absolute atomic E-state index is 0.0167. The molecule has 2 rings (SSSR count). The van der Waals surface area contributed by atoms with Gasteiger partial charge in [-0.3, -0.25) is 4.79 Å². The molecule has 1 aliphatic heterocycles. The van der Waals surface area contributed by atoms with E-state index in [1.54, 1.807) is 11.0 Å². The molecule has 0 unspecified atom stereocenters. The van der Waals surface area contributed by atoms with Crippen LogP contribution in [0.25, 0.3) is 0 Å². The van der Waals surface area contributed by atoms with E-state index in [9.17, 15) is 4.79 Å². The van der Waals surface area contributed by atoms with Gasteiger partial charge in [0.15, 0.2) is 0 Å². The Bertz CT molecular complexity index is 400. The second-order valence-electron chi connectivity index (χ2n) is 4.18. The van der Waals surface area contributed by atoms with Gasteiger partial charge in [-0.2, -0.15) is 0 Å². The van der Waals surface area contributed by atoms with Crippen LogP contribution in [0, 0.1) is 0 Å². The Morgan fingerprint density at radius 3 is 2.71 bits per heavy atom. The molecule has 92 valence electrons. The van der Waals surface area contributed by atoms with E-state index in [1.165, 1.54) is 0 Å². The van der Waals surface area contributed by atoms with Gasteiger partial charge in [0.05, 0.1) is 13.2 Å². The molecule has 0 saturated carbocycles. The molecule has 5 nitrogen and oxygen atoms in total. The topological polar surface area (TPSA) is 45.7 Å². The maximum absolute atomic E-state index is 12.2. The standard InChI is InChI=1S/C12H17N3O2/c1-14(2)11-5-3-4-10(13-11)12(16)15-6-8-17-9-7-15/h3-5H,6-9H2,1-2H3. The first-order valence-corrected chi connectivity index (χ1v) is 5.70. The first-order valence-electron chi connectivity index (χ1n) is 5.70. The zero-order valence-electron chi connectivity index (χ0n) is 10.2. The van der Waals surface area contributed by atoms with Crippen molar-refractivity contribution in [2.45, 2.75) is 0 Å². The molecule has 17 heavy (non-hydrogen) atoms. The zero-order valence-corrected chi connectivity index (χ0v) is 10.2. The van der Waals surface area contributed by atoms with Crippen molar-refractivity contribution in [2.24, 2.45) is 0 Å². The molecule has 0 spiro atoms. The molecular formula is C12H17N3O2. The van der Waals surface area contributed by atoms with Crippen molar-refractivity contribution < 1.29 is 9.53 Å². The molecule has 0 aromatic carbocycles. The summed E-state index contributed by atoms with van der Waals surface area (Å²) in [6.45, 7) is 2.51. The van der Waals surface area contributed by atoms with Crippen molar-refractivity contribution in [1.82, 2.24) is 9.88 Å². The predicted octanol–water partition coefficient (Wildman–Crippen LogP) is 0.620. The maximum Gasteiger partial charge on any atom is 0.272 e. The molecule has 1 amide bonds. The third-order valence-electron chi connectivity index (χ3n) is 2.71. The fourth-order valence-electron chi connectivity index (χ4n) is 1.72. The Morgan fingerprint density at radius 2 is 2.06 bits per heavy atom. The minimum atomic E-state index is -0.0167. The largest absolute Gasteiger partial charge is 0.378 e. The van der Waals surface area contributed by atoms with Crippen LogP contribution in [0.3, 0.4) is 0 Å². The highest BCUT2D eigenvalue weighted by atomic mass is 16.5. The predicted molar refractivity (Wildman–Crippen MR) is 65.3 cm³/mol. The first kappa shape index (κ1) is 11.9. The van der Waals surface area contributed by atoms with Crippen LogP contribution in [-0.4, -0.2) is 56.2 Å². The monoisotopic (exact) mass is 235 g/mol. The average Bonchev–Trinajstić information content (AvgIpc) is 2.39. The van der Waals surface area contributed by atoms with Crippen LogP contribution >= 0.6 is 0 Å². The summed E-state index contributed by atoms with van der Waals surface area (Å²) in [5.41, 5.74) is 0.498. The first-order chi connectivity index (χ1) is 8.18. The summed E-state index contributed by atoms with van der Waals surface area (Å²) in [5.74, 6) is 0.779. The lowest BCUT2D eigenvalue weighted by atomic mass is 10.3. The minimum Gasteiger partial charge on any atom is -0.378 e. The van der Waals surface area contributed by atoms with Gasteiger partial charge in [-0.25, -0.2) is 4.98 Å². The second kappa shape index (κ2) is 5.14. The van der Waals surface area contributed by atoms with Gasteiger partial charge in [-0.1, -0.05) is 6.07 Å². The molecule has 2 heterocycles. The van der Waals surface area contributed by atoms with E-state index in [0.717, 1.165) is 5.82 Å². The molecule has 1 aromatic rings. The Kier molecular flexibility index (Phi) is 3.58. The number of anilines is 1. The molecule has 1 saturated heterocycles. The van der Waals surface area contributed by atoms with Crippen molar-refractivity contribution in [3.05, 3.63) is 23.9 Å². The maximum atomic E-state index is 12.2. The van der Waals surface area contributed by atoms with Gasteiger partial charge >= 0.3 is 0 Å². The summed E-state index contributed by atoms with van der Waals surface area (Å²) < 4.78 is 5.23. The summed E-state index contributed by atoms with van der Waals surface area (Å²) in [6, 6.07) is 5.50. The van der Waals surface area contributed by atoms with Gasteiger partial charge in [-0.05, 0) is 12.1 Å². The fourth-order valence-corrected chi connectivity index (χ4v) is 1.72. The van der Waals surface area contributed by atoms with Crippen LogP contribution in [0.1, 0.15) is 10.5 Å². The van der Waals surface area contributed by atoms with E-state index in [4.69, 9.17) is 4.74 Å². The normalized spacial score (nSPS) is 15.8. The van der Waals surface area contributed by atoms with Crippen molar-refractivity contribution in [1.29, 1.82) is 0 Å². The quantitative estimate of drug-likeness (QED) is 0.754. The van der Waals surface area contributed by atoms with Crippen LogP contribution in [0.15, 0.2) is 18.2 Å². The molecule has 0 aliphatic carbocycles. The summed E-state index contributed by atoms with van der Waals surface area (Å²) >= 11 is 0. The van der Waals surface area contributed by atoms with Crippen LogP contribution < -0.4 is 4.90 Å². The number of hydrogen-bond acceptors (Lipinski definition) is 4. The Hall–Kier alpha value is -1.62. The van der Waals surface area contributed by atoms with Crippen LogP contribution in [0.5, 0.6) is 0 Å². The number of hydrogen-bond donors (Lipinski definition) is 0. The van der Waals surface area contributed by atoms with Gasteiger partial charge in [0.1, 0.15) is 11.5 Å². The molecule has 1 aromatic heterocycles. The summed E-state index contributed by atoms with van der Waals surface area (Å²) in [5, 5.41) is 0. The lowest BCUT2D eigenvalue weighted by Crippen LogP contribution is -2.41. The summed E-state index contributed by atoms with van der Waals surface area (Å²) in [4.78, 5) is 20.2. The lowest BCUT2D eigenvalue weighted by Gasteiger charge is -2.26. The Balaban J connectivity index is 2.15. The van der Waals surface area contributed by atoms with Gasteiger partial charge < -0.3 is 14.5 Å². The van der Waals surface area contributed by atoms with E-state index in [2.05, 4.69) is 4.98 Å². The van der Waals surface area contributed by atoms with Gasteiger partial charge in [-0.15, -0.1) is 0 Å². The van der Waals surface area contributed by atoms with Crippen molar-refractivity contribution in [3.63, 3.8) is 0 Å². The third kappa shape index (κ3) is 2.74. The molecule has 1 aliphatic rings. The number of morpholine rings is 1. The van der Waals surface area contributed by atoms with Crippen LogP contribution in [0.4, 0.5) is 5.82 Å². The smallest absolute Gasteiger partial charge is 0.272 e. The molecule has 0 N–H and O–H groups in total. The van der Waals surface area contributed by atoms with E-state index < -0.39 is 0 Å². The van der Waals surface area contributed by atoms with Gasteiger partial charge in [0, 0.05) is 27.2 Å². The number of nitrogens with zero attached hydrogens (tertiary/aromatic N) is 3. The molecule has 5 heteroatoms. The fraction of sp³-hybridized carbons (Fsp3) is 0.500. The molecule has 0 radical (unpaired) electrons. The number of pyridine rings is 1. The van der Waals surface area contributed by atoms with E-state index in [-0.39, 0.29) is 5.91 Å². The number of aromatic nitrogens is 1. The Morgan fingerprint density at radius 1 is 1.35 bits per heavy atom. The zero-order chi connectivity index (χ0) is 12.3. The second-order valence-corrected chi connectivity index (χ2v) is 4.18. The molecule has 1 fully saturated rings. The number of amides is 1. The van der Waals surface area contributed by atoms with Crippen molar-refractivity contribution in [3.8, 4) is 0 Å². The number of ether oxygens (including phenoxy) is 1. The van der Waals surface area contributed by atoms with E-state index in [0.29, 0.717) is 32.0 Å². The van der Waals surface area contributed by atoms with E-state index in [1.807, 2.05) is 31.1 Å². The number of carbonyl (C=O) groups excluding carboxylic acids is 1. The molecule has 0 bridgehead atoms. The van der Waals surface area contributed by atoms with Crippen molar-refractivity contribution in [2.75, 3.05) is 45.3 Å². The highest BCUT2D eigenvalue weighted by molar-refractivity contribution is 5.92. The molecule has 0 atom stereocenters. The highest BCUT2D eigenvalue weighted by Crippen LogP contribution is 2.10. The number of carbonyl (C=O) groups is 1. The van der Waals surface area contributed by atoms with Crippen LogP contribution in [0.2, 0.25) is 0 Å². The SMILES string of the molecule is CN(C)c1cccc(C(=O)N2CCOCC2)n1. The summed E-state index contributed by atoms with van der Waals surface area (Å²) in [6.07, 6.45) is 0. The Labute approximate surface area is 101 Å². The lowest BCUT2D eigenvalue weighted by molar-refractivity contribution is 0.0299. The van der Waals surface area contributed by atoms with Crippen molar-refractivity contribution >= 4 is 11.7 Å². The third-order valence-corrected chi connectivity index (χ3v) is 2.71. The van der Waals surface area contributed by atoms with E-state index >= 15 is 0 Å². The number of rotatable bonds is 2. The summed E-state index contributed by atoms with van der Waals surface area (Å²) in [7, 11) is 3.82. The van der Waals surface area contributed by atoms with Gasteiger partial charge in [0.25, 0.3) is 5.91 Å². The highest BCUT2D eigenvalue weighted by Gasteiger charge is 2.19. The van der Waals surface area contributed by atoms with Gasteiger partial charge in [0.2, 0.25) is 0 Å². The molecular weight excluding hydrogens is 218 g/mol. The average molecular weight is 235 g/mol. The van der Waals surface area contributed by atoms with Crippen LogP contribution in [-0.2, 0) is 4.74 Å².